The first-order valence-electron chi connectivity index (χ1n) is 13.8. The standard InChI is InChI=1S/C30H40N4O8/c1-30(2,3)42-29(39)34(4)19-20-6-5-7-23(16-20)41-15-14-40-13-12-31-22-8-9-24(28(37)38)21(17-22)18-32-25-10-11-26(35)33-27(25)36/h5-9,16-17,25,31-32H,10-15,18-19H2,1-4H3,(H,37,38)(H,33,35,36). The third-order valence-corrected chi connectivity index (χ3v) is 6.21. The monoisotopic (exact) mass is 584 g/mol. The zero-order chi connectivity index (χ0) is 30.7. The van der Waals surface area contributed by atoms with Crippen molar-refractivity contribution < 1.29 is 38.5 Å². The van der Waals surface area contributed by atoms with E-state index < -0.39 is 29.6 Å². The summed E-state index contributed by atoms with van der Waals surface area (Å²) in [7, 11) is 1.68. The van der Waals surface area contributed by atoms with Gasteiger partial charge in [-0.25, -0.2) is 9.59 Å². The van der Waals surface area contributed by atoms with Crippen molar-refractivity contribution in [3.8, 4) is 5.75 Å². The van der Waals surface area contributed by atoms with E-state index in [-0.39, 0.29) is 24.4 Å². The number of nitrogens with one attached hydrogen (secondary N) is 3. The van der Waals surface area contributed by atoms with Crippen LogP contribution in [0.3, 0.4) is 0 Å². The maximum absolute atomic E-state index is 12.2. The van der Waals surface area contributed by atoms with E-state index >= 15 is 0 Å². The molecule has 3 amide bonds. The smallest absolute Gasteiger partial charge is 0.410 e. The Morgan fingerprint density at radius 3 is 2.60 bits per heavy atom. The molecule has 4 N–H and O–H groups in total. The lowest BCUT2D eigenvalue weighted by Crippen LogP contribution is -2.50. The number of rotatable bonds is 14. The highest BCUT2D eigenvalue weighted by Gasteiger charge is 2.26. The number of hydrogen-bond acceptors (Lipinski definition) is 9. The first-order chi connectivity index (χ1) is 19.9. The van der Waals surface area contributed by atoms with Gasteiger partial charge in [-0.3, -0.25) is 14.9 Å². The van der Waals surface area contributed by atoms with Gasteiger partial charge in [0.25, 0.3) is 0 Å². The van der Waals surface area contributed by atoms with Crippen LogP contribution in [-0.2, 0) is 32.2 Å². The third kappa shape index (κ3) is 10.7. The Morgan fingerprint density at radius 1 is 1.10 bits per heavy atom. The molecule has 3 rings (SSSR count). The average Bonchev–Trinajstić information content (AvgIpc) is 2.91. The third-order valence-electron chi connectivity index (χ3n) is 6.21. The number of aromatic carboxylic acids is 1. The number of carbonyl (C=O) groups is 4. The minimum atomic E-state index is -1.06. The zero-order valence-corrected chi connectivity index (χ0v) is 24.5. The normalized spacial score (nSPS) is 15.1. The van der Waals surface area contributed by atoms with Crippen LogP contribution in [0.1, 0.15) is 55.1 Å². The van der Waals surface area contributed by atoms with Crippen LogP contribution < -0.4 is 20.7 Å². The number of carboxylic acids is 1. The van der Waals surface area contributed by atoms with Gasteiger partial charge in [0, 0.05) is 38.8 Å². The topological polar surface area (TPSA) is 156 Å². The summed E-state index contributed by atoms with van der Waals surface area (Å²) in [6.45, 7) is 7.61. The maximum atomic E-state index is 12.2. The predicted octanol–water partition coefficient (Wildman–Crippen LogP) is 3.15. The van der Waals surface area contributed by atoms with Crippen LogP contribution in [0.25, 0.3) is 0 Å². The highest BCUT2D eigenvalue weighted by atomic mass is 16.6. The molecule has 1 fully saturated rings. The Labute approximate surface area is 245 Å². The number of hydrogen-bond donors (Lipinski definition) is 4. The molecule has 0 radical (unpaired) electrons. The summed E-state index contributed by atoms with van der Waals surface area (Å²) in [4.78, 5) is 48.7. The summed E-state index contributed by atoms with van der Waals surface area (Å²) in [5.41, 5.74) is 1.72. The second-order valence-electron chi connectivity index (χ2n) is 10.9. The molecule has 1 saturated heterocycles. The summed E-state index contributed by atoms with van der Waals surface area (Å²) >= 11 is 0. The molecule has 1 aliphatic heterocycles. The van der Waals surface area contributed by atoms with Crippen LogP contribution in [-0.4, -0.2) is 78.9 Å². The van der Waals surface area contributed by atoms with Crippen LogP contribution in [0.4, 0.5) is 10.5 Å². The van der Waals surface area contributed by atoms with Crippen molar-refractivity contribution in [3.05, 3.63) is 59.2 Å². The molecule has 2 aromatic rings. The van der Waals surface area contributed by atoms with E-state index in [0.717, 1.165) is 5.56 Å². The predicted molar refractivity (Wildman–Crippen MR) is 155 cm³/mol. The number of carboxylic acid groups (broad SMARTS) is 1. The lowest BCUT2D eigenvalue weighted by Gasteiger charge is -2.24. The molecule has 12 nitrogen and oxygen atoms in total. The second-order valence-corrected chi connectivity index (χ2v) is 10.9. The van der Waals surface area contributed by atoms with E-state index in [0.29, 0.717) is 56.3 Å². The van der Waals surface area contributed by atoms with Crippen molar-refractivity contribution >= 4 is 29.6 Å². The first-order valence-corrected chi connectivity index (χ1v) is 13.8. The molecular formula is C30H40N4O8. The van der Waals surface area contributed by atoms with Crippen molar-refractivity contribution in [3.63, 3.8) is 0 Å². The fourth-order valence-electron chi connectivity index (χ4n) is 4.18. The molecule has 1 unspecified atom stereocenters. The van der Waals surface area contributed by atoms with E-state index in [1.54, 1.807) is 19.2 Å². The maximum Gasteiger partial charge on any atom is 0.410 e. The number of imide groups is 1. The summed E-state index contributed by atoms with van der Waals surface area (Å²) in [6, 6.07) is 11.8. The molecule has 1 atom stereocenters. The van der Waals surface area contributed by atoms with Crippen molar-refractivity contribution in [2.75, 3.05) is 38.7 Å². The highest BCUT2D eigenvalue weighted by Crippen LogP contribution is 2.18. The summed E-state index contributed by atoms with van der Waals surface area (Å²) in [6.07, 6.45) is 0.207. The Bertz CT molecular complexity index is 1260. The SMILES string of the molecule is CN(Cc1cccc(OCCOCCNc2ccc(C(=O)O)c(CNC3CCC(=O)NC3=O)c2)c1)C(=O)OC(C)(C)C. The number of ether oxygens (including phenoxy) is 3. The molecule has 0 saturated carbocycles. The average molecular weight is 585 g/mol. The quantitative estimate of drug-likeness (QED) is 0.192. The lowest BCUT2D eigenvalue weighted by molar-refractivity contribution is -0.134. The number of carbonyl (C=O) groups excluding carboxylic acids is 3. The molecule has 0 spiro atoms. The molecular weight excluding hydrogens is 544 g/mol. The Hall–Kier alpha value is -4.16. The van der Waals surface area contributed by atoms with E-state index in [4.69, 9.17) is 14.2 Å². The minimum Gasteiger partial charge on any atom is -0.491 e. The highest BCUT2D eigenvalue weighted by molar-refractivity contribution is 6.00. The van der Waals surface area contributed by atoms with Crippen LogP contribution in [0, 0.1) is 0 Å². The number of anilines is 1. The fraction of sp³-hybridized carbons (Fsp3) is 0.467. The first kappa shape index (κ1) is 32.4. The van der Waals surface area contributed by atoms with Gasteiger partial charge >= 0.3 is 12.1 Å². The molecule has 228 valence electrons. The number of amides is 3. The summed E-state index contributed by atoms with van der Waals surface area (Å²) < 4.78 is 16.8. The Morgan fingerprint density at radius 2 is 1.88 bits per heavy atom. The Kier molecular flexibility index (Phi) is 11.7. The van der Waals surface area contributed by atoms with Gasteiger partial charge < -0.3 is 34.9 Å². The molecule has 1 heterocycles. The van der Waals surface area contributed by atoms with Crippen LogP contribution in [0.2, 0.25) is 0 Å². The van der Waals surface area contributed by atoms with Gasteiger partial charge in [-0.15, -0.1) is 0 Å². The van der Waals surface area contributed by atoms with Gasteiger partial charge in [0.2, 0.25) is 11.8 Å². The molecule has 2 aromatic carbocycles. The van der Waals surface area contributed by atoms with Crippen molar-refractivity contribution in [2.45, 2.75) is 58.3 Å². The van der Waals surface area contributed by atoms with Crippen LogP contribution in [0.5, 0.6) is 5.75 Å². The molecule has 0 bridgehead atoms. The second kappa shape index (κ2) is 15.2. The lowest BCUT2D eigenvalue weighted by atomic mass is 10.0. The summed E-state index contributed by atoms with van der Waals surface area (Å²) in [5, 5.41) is 18.1. The molecule has 0 aliphatic carbocycles. The Balaban J connectivity index is 1.39. The summed E-state index contributed by atoms with van der Waals surface area (Å²) in [5.74, 6) is -1.11. The van der Waals surface area contributed by atoms with Gasteiger partial charge in [-0.2, -0.15) is 0 Å². The minimum absolute atomic E-state index is 0.134. The van der Waals surface area contributed by atoms with E-state index in [1.807, 2.05) is 45.0 Å². The molecule has 1 aliphatic rings. The van der Waals surface area contributed by atoms with Gasteiger partial charge in [-0.1, -0.05) is 12.1 Å². The van der Waals surface area contributed by atoms with Gasteiger partial charge in [0.1, 0.15) is 18.0 Å². The van der Waals surface area contributed by atoms with Crippen LogP contribution >= 0.6 is 0 Å². The van der Waals surface area contributed by atoms with Gasteiger partial charge in [0.05, 0.1) is 24.8 Å². The molecule has 0 aromatic heterocycles. The molecule has 42 heavy (non-hydrogen) atoms. The van der Waals surface area contributed by atoms with Crippen molar-refractivity contribution in [1.82, 2.24) is 15.5 Å². The van der Waals surface area contributed by atoms with Gasteiger partial charge in [-0.05, 0) is 68.7 Å². The fourth-order valence-corrected chi connectivity index (χ4v) is 4.18. The van der Waals surface area contributed by atoms with Gasteiger partial charge in [0.15, 0.2) is 0 Å². The number of nitrogens with zero attached hydrogens (tertiary/aromatic N) is 1. The molecule has 12 heteroatoms. The van der Waals surface area contributed by atoms with Crippen molar-refractivity contribution in [2.24, 2.45) is 0 Å². The number of benzene rings is 2. The zero-order valence-electron chi connectivity index (χ0n) is 24.5. The van der Waals surface area contributed by atoms with Crippen molar-refractivity contribution in [1.29, 1.82) is 0 Å². The number of piperidine rings is 1. The van der Waals surface area contributed by atoms with Crippen LogP contribution in [0.15, 0.2) is 42.5 Å². The largest absolute Gasteiger partial charge is 0.491 e. The van der Waals surface area contributed by atoms with E-state index in [9.17, 15) is 24.3 Å². The van der Waals surface area contributed by atoms with E-state index in [1.165, 1.54) is 11.0 Å². The van der Waals surface area contributed by atoms with E-state index in [2.05, 4.69) is 16.0 Å².